The van der Waals surface area contributed by atoms with E-state index in [1.807, 2.05) is 6.92 Å². The Morgan fingerprint density at radius 2 is 1.63 bits per heavy atom. The number of carbonyl (C=O) groups excluding carboxylic acids is 2. The fourth-order valence-corrected chi connectivity index (χ4v) is 5.78. The van der Waals surface area contributed by atoms with E-state index in [0.29, 0.717) is 29.3 Å². The van der Waals surface area contributed by atoms with Gasteiger partial charge in [-0.3, -0.25) is 13.9 Å². The molecule has 220 valence electrons. The molecule has 9 nitrogen and oxygen atoms in total. The van der Waals surface area contributed by atoms with E-state index in [1.54, 1.807) is 49.4 Å². The van der Waals surface area contributed by atoms with Crippen LogP contribution in [-0.2, 0) is 26.2 Å². The van der Waals surface area contributed by atoms with Crippen molar-refractivity contribution < 1.29 is 27.5 Å². The molecule has 3 aromatic carbocycles. The number of para-hydroxylation sites is 2. The molecule has 0 fully saturated rings. The van der Waals surface area contributed by atoms with E-state index in [4.69, 9.17) is 32.7 Å². The Kier molecular flexibility index (Phi) is 11.3. The topological polar surface area (TPSA) is 105 Å². The Bertz CT molecular complexity index is 1470. The van der Waals surface area contributed by atoms with E-state index in [-0.39, 0.29) is 33.8 Å². The highest BCUT2D eigenvalue weighted by atomic mass is 35.5. The first-order chi connectivity index (χ1) is 19.5. The average Bonchev–Trinajstić information content (AvgIpc) is 2.98. The molecule has 0 saturated carbocycles. The summed E-state index contributed by atoms with van der Waals surface area (Å²) in [6.07, 6.45) is 0.709. The fourth-order valence-electron chi connectivity index (χ4n) is 4.04. The number of rotatable bonds is 13. The largest absolute Gasteiger partial charge is 0.497 e. The third-order valence-electron chi connectivity index (χ3n) is 6.33. The van der Waals surface area contributed by atoms with Crippen molar-refractivity contribution in [2.45, 2.75) is 37.8 Å². The van der Waals surface area contributed by atoms with Gasteiger partial charge in [0.1, 0.15) is 24.1 Å². The van der Waals surface area contributed by atoms with Gasteiger partial charge in [0.2, 0.25) is 11.8 Å². The van der Waals surface area contributed by atoms with Crippen LogP contribution in [0.2, 0.25) is 10.0 Å². The summed E-state index contributed by atoms with van der Waals surface area (Å²) in [6, 6.07) is 16.3. The maximum absolute atomic E-state index is 14.0. The Balaban J connectivity index is 2.07. The first-order valence-corrected chi connectivity index (χ1v) is 15.0. The standard InChI is InChI=1S/C29H33Cl2N3O6S/c1-5-16-32-29(36)20(2)33(18-21-10-15-24(30)25(31)17-21)28(35)19-34(26-8-6-7-9-27(26)40-4)41(37,38)23-13-11-22(39-3)12-14-23/h6-15,17,20H,5,16,18-19H2,1-4H3,(H,32,36)/t20-/m1/s1. The number of hydrogen-bond acceptors (Lipinski definition) is 6. The third-order valence-corrected chi connectivity index (χ3v) is 8.85. The molecule has 0 heterocycles. The molecule has 0 spiro atoms. The second-order valence-corrected chi connectivity index (χ2v) is 11.8. The number of sulfonamides is 1. The number of nitrogens with one attached hydrogen (secondary N) is 1. The molecule has 0 aromatic heterocycles. The van der Waals surface area contributed by atoms with Crippen LogP contribution in [0.5, 0.6) is 11.5 Å². The Labute approximate surface area is 251 Å². The summed E-state index contributed by atoms with van der Waals surface area (Å²) in [6.45, 7) is 3.31. The van der Waals surface area contributed by atoms with Crippen molar-refractivity contribution in [1.29, 1.82) is 0 Å². The van der Waals surface area contributed by atoms with Crippen LogP contribution in [0.15, 0.2) is 71.6 Å². The van der Waals surface area contributed by atoms with Crippen LogP contribution in [0.25, 0.3) is 0 Å². The first-order valence-electron chi connectivity index (χ1n) is 12.8. The lowest BCUT2D eigenvalue weighted by atomic mass is 10.1. The molecule has 0 saturated heterocycles. The number of hydrogen-bond donors (Lipinski definition) is 1. The molecule has 1 atom stereocenters. The monoisotopic (exact) mass is 621 g/mol. The SMILES string of the molecule is CCCNC(=O)[C@@H](C)N(Cc1ccc(Cl)c(Cl)c1)C(=O)CN(c1ccccc1OC)S(=O)(=O)c1ccc(OC)cc1. The average molecular weight is 623 g/mol. The molecule has 2 amide bonds. The van der Waals surface area contributed by atoms with Gasteiger partial charge in [0.25, 0.3) is 10.0 Å². The van der Waals surface area contributed by atoms with E-state index < -0.39 is 28.5 Å². The van der Waals surface area contributed by atoms with Crippen molar-refractivity contribution in [3.63, 3.8) is 0 Å². The molecule has 0 aliphatic rings. The quantitative estimate of drug-likeness (QED) is 0.283. The van der Waals surface area contributed by atoms with Crippen LogP contribution in [-0.4, -0.2) is 58.5 Å². The normalized spacial score (nSPS) is 11.9. The van der Waals surface area contributed by atoms with Gasteiger partial charge in [-0.25, -0.2) is 8.42 Å². The van der Waals surface area contributed by atoms with Crippen LogP contribution in [0.3, 0.4) is 0 Å². The van der Waals surface area contributed by atoms with Crippen LogP contribution >= 0.6 is 23.2 Å². The number of anilines is 1. The van der Waals surface area contributed by atoms with E-state index >= 15 is 0 Å². The Morgan fingerprint density at radius 3 is 2.24 bits per heavy atom. The number of methoxy groups -OCH3 is 2. The number of carbonyl (C=O) groups is 2. The summed E-state index contributed by atoms with van der Waals surface area (Å²) in [4.78, 5) is 28.2. The molecule has 0 aliphatic carbocycles. The lowest BCUT2D eigenvalue weighted by molar-refractivity contribution is -0.139. The molecule has 1 N–H and O–H groups in total. The van der Waals surface area contributed by atoms with Crippen LogP contribution in [0, 0.1) is 0 Å². The zero-order chi connectivity index (χ0) is 30.2. The van der Waals surface area contributed by atoms with E-state index in [9.17, 15) is 18.0 Å². The summed E-state index contributed by atoms with van der Waals surface area (Å²) in [5, 5.41) is 3.43. The van der Waals surface area contributed by atoms with Gasteiger partial charge in [0, 0.05) is 13.1 Å². The highest BCUT2D eigenvalue weighted by Gasteiger charge is 2.33. The van der Waals surface area contributed by atoms with Crippen molar-refractivity contribution >= 4 is 50.7 Å². The summed E-state index contributed by atoms with van der Waals surface area (Å²) in [5.74, 6) is -0.258. The number of benzene rings is 3. The van der Waals surface area contributed by atoms with Crippen molar-refractivity contribution in [3.8, 4) is 11.5 Å². The Hall–Kier alpha value is -3.47. The minimum absolute atomic E-state index is 0.0151. The minimum atomic E-state index is -4.27. The zero-order valence-corrected chi connectivity index (χ0v) is 25.6. The Morgan fingerprint density at radius 1 is 0.951 bits per heavy atom. The zero-order valence-electron chi connectivity index (χ0n) is 23.3. The number of ether oxygens (including phenoxy) is 2. The maximum Gasteiger partial charge on any atom is 0.264 e. The van der Waals surface area contributed by atoms with Crippen molar-refractivity contribution in [2.75, 3.05) is 31.6 Å². The van der Waals surface area contributed by atoms with Gasteiger partial charge in [-0.05, 0) is 67.4 Å². The molecule has 12 heteroatoms. The van der Waals surface area contributed by atoms with E-state index in [1.165, 1.54) is 43.4 Å². The maximum atomic E-state index is 14.0. The molecule has 3 rings (SSSR count). The van der Waals surface area contributed by atoms with Gasteiger partial charge in [-0.15, -0.1) is 0 Å². The highest BCUT2D eigenvalue weighted by molar-refractivity contribution is 7.92. The number of halogens is 2. The molecular weight excluding hydrogens is 589 g/mol. The van der Waals surface area contributed by atoms with Gasteiger partial charge in [0.15, 0.2) is 0 Å². The predicted octanol–water partition coefficient (Wildman–Crippen LogP) is 5.15. The molecule has 0 unspecified atom stereocenters. The molecule has 3 aromatic rings. The second-order valence-electron chi connectivity index (χ2n) is 9.10. The summed E-state index contributed by atoms with van der Waals surface area (Å²) >= 11 is 12.3. The van der Waals surface area contributed by atoms with Crippen LogP contribution < -0.4 is 19.1 Å². The molecule has 0 bridgehead atoms. The van der Waals surface area contributed by atoms with Crippen molar-refractivity contribution in [1.82, 2.24) is 10.2 Å². The second kappa shape index (κ2) is 14.4. The van der Waals surface area contributed by atoms with Crippen LogP contribution in [0.4, 0.5) is 5.69 Å². The van der Waals surface area contributed by atoms with Gasteiger partial charge in [0.05, 0.1) is 34.8 Å². The molecular formula is C29H33Cl2N3O6S. The number of nitrogens with zero attached hydrogens (tertiary/aromatic N) is 2. The lowest BCUT2D eigenvalue weighted by Gasteiger charge is -2.32. The molecule has 41 heavy (non-hydrogen) atoms. The summed E-state index contributed by atoms with van der Waals surface area (Å²) < 4.78 is 39.6. The molecule has 0 radical (unpaired) electrons. The lowest BCUT2D eigenvalue weighted by Crippen LogP contribution is -2.51. The number of amides is 2. The predicted molar refractivity (Wildman–Crippen MR) is 160 cm³/mol. The van der Waals surface area contributed by atoms with E-state index in [2.05, 4.69) is 5.32 Å². The van der Waals surface area contributed by atoms with Crippen molar-refractivity contribution in [3.05, 3.63) is 82.3 Å². The van der Waals surface area contributed by atoms with Gasteiger partial charge in [-0.1, -0.05) is 48.3 Å². The smallest absolute Gasteiger partial charge is 0.264 e. The van der Waals surface area contributed by atoms with Gasteiger partial charge < -0.3 is 19.7 Å². The third kappa shape index (κ3) is 7.84. The molecule has 0 aliphatic heterocycles. The van der Waals surface area contributed by atoms with Crippen LogP contribution in [0.1, 0.15) is 25.8 Å². The summed E-state index contributed by atoms with van der Waals surface area (Å²) in [7, 11) is -1.39. The van der Waals surface area contributed by atoms with Gasteiger partial charge >= 0.3 is 0 Å². The van der Waals surface area contributed by atoms with Crippen molar-refractivity contribution in [2.24, 2.45) is 0 Å². The first kappa shape index (κ1) is 32.0. The summed E-state index contributed by atoms with van der Waals surface area (Å²) in [5.41, 5.74) is 0.779. The minimum Gasteiger partial charge on any atom is -0.497 e. The van der Waals surface area contributed by atoms with E-state index in [0.717, 1.165) is 4.31 Å². The highest BCUT2D eigenvalue weighted by Crippen LogP contribution is 2.33. The van der Waals surface area contributed by atoms with Gasteiger partial charge in [-0.2, -0.15) is 0 Å². The fraction of sp³-hybridized carbons (Fsp3) is 0.310.